The van der Waals surface area contributed by atoms with Crippen LogP contribution >= 0.6 is 24.8 Å². The molecule has 120 valence electrons. The zero-order valence-corrected chi connectivity index (χ0v) is 14.1. The lowest BCUT2D eigenvalue weighted by atomic mass is 9.95. The Morgan fingerprint density at radius 1 is 1.05 bits per heavy atom. The van der Waals surface area contributed by atoms with Gasteiger partial charge in [-0.3, -0.25) is 4.98 Å². The number of rotatable bonds is 4. The predicted molar refractivity (Wildman–Crippen MR) is 96.0 cm³/mol. The average Bonchev–Trinajstić information content (AvgIpc) is 2.88. The summed E-state index contributed by atoms with van der Waals surface area (Å²) in [5, 5.41) is 0. The second kappa shape index (κ2) is 9.11. The molecule has 1 saturated heterocycles. The van der Waals surface area contributed by atoms with E-state index in [0.29, 0.717) is 5.92 Å². The highest BCUT2D eigenvalue weighted by Crippen LogP contribution is 2.26. The topological polar surface area (TPSA) is 42.1 Å². The van der Waals surface area contributed by atoms with Crippen LogP contribution in [0.1, 0.15) is 17.0 Å². The minimum absolute atomic E-state index is 0. The summed E-state index contributed by atoms with van der Waals surface area (Å²) in [6, 6.07) is 15.0. The Bertz CT molecular complexity index is 536. The lowest BCUT2D eigenvalue weighted by Gasteiger charge is -2.16. The SMILES string of the molecule is Cl.Cl.N[C@@H]1CN(CCc2cccnc2)C[C@H]1c1ccccc1. The van der Waals surface area contributed by atoms with E-state index in [1.807, 2.05) is 18.5 Å². The lowest BCUT2D eigenvalue weighted by molar-refractivity contribution is 0.335. The molecule has 0 aliphatic carbocycles. The number of halogens is 2. The van der Waals surface area contributed by atoms with Crippen molar-refractivity contribution in [1.82, 2.24) is 9.88 Å². The third-order valence-corrected chi connectivity index (χ3v) is 4.11. The van der Waals surface area contributed by atoms with Crippen LogP contribution < -0.4 is 5.73 Å². The van der Waals surface area contributed by atoms with Gasteiger partial charge in [0, 0.05) is 44.0 Å². The molecule has 0 amide bonds. The Kier molecular flexibility index (Phi) is 7.83. The van der Waals surface area contributed by atoms with E-state index in [9.17, 15) is 0 Å². The molecule has 0 radical (unpaired) electrons. The maximum Gasteiger partial charge on any atom is 0.0300 e. The van der Waals surface area contributed by atoms with E-state index >= 15 is 0 Å². The van der Waals surface area contributed by atoms with Crippen LogP contribution in [0.5, 0.6) is 0 Å². The van der Waals surface area contributed by atoms with Crippen molar-refractivity contribution in [3.63, 3.8) is 0 Å². The van der Waals surface area contributed by atoms with Crippen LogP contribution in [0.3, 0.4) is 0 Å². The van der Waals surface area contributed by atoms with Crippen molar-refractivity contribution in [2.24, 2.45) is 5.73 Å². The van der Waals surface area contributed by atoms with Crippen LogP contribution in [0, 0.1) is 0 Å². The van der Waals surface area contributed by atoms with Crippen molar-refractivity contribution in [3.05, 3.63) is 66.0 Å². The number of pyridine rings is 1. The first kappa shape index (κ1) is 18.9. The zero-order chi connectivity index (χ0) is 13.8. The van der Waals surface area contributed by atoms with E-state index in [1.165, 1.54) is 11.1 Å². The highest BCUT2D eigenvalue weighted by molar-refractivity contribution is 5.85. The molecule has 5 heteroatoms. The molecule has 2 N–H and O–H groups in total. The maximum absolute atomic E-state index is 6.32. The van der Waals surface area contributed by atoms with Gasteiger partial charge in [0.25, 0.3) is 0 Å². The Morgan fingerprint density at radius 2 is 1.82 bits per heavy atom. The number of likely N-dealkylation sites (tertiary alicyclic amines) is 1. The van der Waals surface area contributed by atoms with Gasteiger partial charge in [0.2, 0.25) is 0 Å². The van der Waals surface area contributed by atoms with Gasteiger partial charge in [0.05, 0.1) is 0 Å². The number of nitrogens with zero attached hydrogens (tertiary/aromatic N) is 2. The molecule has 1 aliphatic heterocycles. The van der Waals surface area contributed by atoms with Crippen LogP contribution in [0.4, 0.5) is 0 Å². The van der Waals surface area contributed by atoms with E-state index < -0.39 is 0 Å². The van der Waals surface area contributed by atoms with E-state index in [0.717, 1.165) is 26.1 Å². The van der Waals surface area contributed by atoms with Crippen LogP contribution in [0.25, 0.3) is 0 Å². The molecule has 2 aromatic rings. The molecular weight excluding hydrogens is 317 g/mol. The van der Waals surface area contributed by atoms with Crippen molar-refractivity contribution >= 4 is 24.8 Å². The third kappa shape index (κ3) is 4.68. The highest BCUT2D eigenvalue weighted by Gasteiger charge is 2.30. The van der Waals surface area contributed by atoms with Crippen molar-refractivity contribution in [2.45, 2.75) is 18.4 Å². The van der Waals surface area contributed by atoms with Gasteiger partial charge < -0.3 is 10.6 Å². The van der Waals surface area contributed by atoms with Gasteiger partial charge in [0.15, 0.2) is 0 Å². The van der Waals surface area contributed by atoms with Gasteiger partial charge >= 0.3 is 0 Å². The highest BCUT2D eigenvalue weighted by atomic mass is 35.5. The first-order valence-electron chi connectivity index (χ1n) is 7.25. The molecule has 2 atom stereocenters. The fourth-order valence-corrected chi connectivity index (χ4v) is 2.98. The summed E-state index contributed by atoms with van der Waals surface area (Å²) in [5.74, 6) is 0.463. The largest absolute Gasteiger partial charge is 0.326 e. The van der Waals surface area contributed by atoms with E-state index in [-0.39, 0.29) is 30.9 Å². The van der Waals surface area contributed by atoms with Crippen LogP contribution in [-0.4, -0.2) is 35.6 Å². The molecule has 0 unspecified atom stereocenters. The molecular formula is C17H23Cl2N3. The van der Waals surface area contributed by atoms with E-state index in [4.69, 9.17) is 5.73 Å². The molecule has 0 spiro atoms. The summed E-state index contributed by atoms with van der Waals surface area (Å²) in [7, 11) is 0. The first-order chi connectivity index (χ1) is 9.83. The van der Waals surface area contributed by atoms with E-state index in [1.54, 1.807) is 0 Å². The quantitative estimate of drug-likeness (QED) is 0.931. The summed E-state index contributed by atoms with van der Waals surface area (Å²) in [6.07, 6.45) is 4.81. The Morgan fingerprint density at radius 3 is 2.50 bits per heavy atom. The Labute approximate surface area is 144 Å². The number of benzene rings is 1. The lowest BCUT2D eigenvalue weighted by Crippen LogP contribution is -2.29. The first-order valence-corrected chi connectivity index (χ1v) is 7.25. The summed E-state index contributed by atoms with van der Waals surface area (Å²) >= 11 is 0. The summed E-state index contributed by atoms with van der Waals surface area (Å²) in [5.41, 5.74) is 8.98. The fraction of sp³-hybridized carbons (Fsp3) is 0.353. The van der Waals surface area contributed by atoms with Gasteiger partial charge in [-0.25, -0.2) is 0 Å². The maximum atomic E-state index is 6.32. The van der Waals surface area contributed by atoms with E-state index in [2.05, 4.69) is 46.3 Å². The van der Waals surface area contributed by atoms with Gasteiger partial charge in [-0.05, 0) is 23.6 Å². The second-order valence-electron chi connectivity index (χ2n) is 5.55. The van der Waals surface area contributed by atoms with Crippen molar-refractivity contribution in [2.75, 3.05) is 19.6 Å². The Balaban J connectivity index is 0.00000121. The summed E-state index contributed by atoms with van der Waals surface area (Å²) < 4.78 is 0. The predicted octanol–water partition coefficient (Wildman–Crippen LogP) is 2.89. The second-order valence-corrected chi connectivity index (χ2v) is 5.55. The van der Waals surface area contributed by atoms with Gasteiger partial charge in [-0.15, -0.1) is 24.8 Å². The van der Waals surface area contributed by atoms with Crippen LogP contribution in [0.15, 0.2) is 54.9 Å². The molecule has 2 heterocycles. The molecule has 1 aromatic carbocycles. The van der Waals surface area contributed by atoms with Gasteiger partial charge in [-0.1, -0.05) is 36.4 Å². The minimum Gasteiger partial charge on any atom is -0.326 e. The number of nitrogens with two attached hydrogens (primary N) is 1. The normalized spacial score (nSPS) is 21.0. The van der Waals surface area contributed by atoms with Crippen molar-refractivity contribution in [1.29, 1.82) is 0 Å². The molecule has 3 nitrogen and oxygen atoms in total. The average molecular weight is 340 g/mol. The standard InChI is InChI=1S/C17H21N3.2ClH/c18-17-13-20(10-8-14-5-4-9-19-11-14)12-16(17)15-6-2-1-3-7-15;;/h1-7,9,11,16-17H,8,10,12-13,18H2;2*1H/t16-,17+;;/m0../s1. The summed E-state index contributed by atoms with van der Waals surface area (Å²) in [6.45, 7) is 3.11. The number of aromatic nitrogens is 1. The minimum atomic E-state index is 0. The number of hydrogen-bond donors (Lipinski definition) is 1. The zero-order valence-electron chi connectivity index (χ0n) is 12.5. The third-order valence-electron chi connectivity index (χ3n) is 4.11. The molecule has 0 saturated carbocycles. The molecule has 1 fully saturated rings. The molecule has 0 bridgehead atoms. The van der Waals surface area contributed by atoms with Gasteiger partial charge in [0.1, 0.15) is 0 Å². The Hall–Kier alpha value is -1.13. The number of hydrogen-bond acceptors (Lipinski definition) is 3. The summed E-state index contributed by atoms with van der Waals surface area (Å²) in [4.78, 5) is 6.63. The monoisotopic (exact) mass is 339 g/mol. The molecule has 1 aromatic heterocycles. The fourth-order valence-electron chi connectivity index (χ4n) is 2.98. The van der Waals surface area contributed by atoms with Crippen LogP contribution in [0.2, 0.25) is 0 Å². The smallest absolute Gasteiger partial charge is 0.0300 e. The molecule has 1 aliphatic rings. The molecule has 3 rings (SSSR count). The van der Waals surface area contributed by atoms with Crippen molar-refractivity contribution in [3.8, 4) is 0 Å². The van der Waals surface area contributed by atoms with Gasteiger partial charge in [-0.2, -0.15) is 0 Å². The van der Waals surface area contributed by atoms with Crippen LogP contribution in [-0.2, 0) is 6.42 Å². The molecule has 22 heavy (non-hydrogen) atoms. The van der Waals surface area contributed by atoms with Crippen molar-refractivity contribution < 1.29 is 0 Å².